The van der Waals surface area contributed by atoms with Crippen LogP contribution in [0.25, 0.3) is 22.3 Å². The number of amides is 1. The van der Waals surface area contributed by atoms with Gasteiger partial charge in [0.1, 0.15) is 35.1 Å². The van der Waals surface area contributed by atoms with E-state index in [1.54, 1.807) is 11.0 Å². The van der Waals surface area contributed by atoms with Crippen molar-refractivity contribution in [1.82, 2.24) is 24.8 Å². The number of pyridine rings is 1. The van der Waals surface area contributed by atoms with Crippen molar-refractivity contribution in [3.05, 3.63) is 103 Å². The zero-order valence-electron chi connectivity index (χ0n) is 23.2. The van der Waals surface area contributed by atoms with E-state index in [0.717, 1.165) is 35.9 Å². The van der Waals surface area contributed by atoms with E-state index >= 15 is 4.39 Å². The fraction of sp³-hybridized carbons (Fsp3) is 0.188. The number of hydrogen-bond acceptors (Lipinski definition) is 6. The zero-order valence-corrected chi connectivity index (χ0v) is 23.2. The van der Waals surface area contributed by atoms with Crippen LogP contribution in [-0.4, -0.2) is 43.8 Å². The molecule has 2 N–H and O–H groups in total. The molecular formula is C32H26F4N6O2. The lowest BCUT2D eigenvalue weighted by molar-refractivity contribution is -0.137. The topological polar surface area (TPSA) is 96.0 Å². The highest BCUT2D eigenvalue weighted by Gasteiger charge is 2.30. The Balaban J connectivity index is 1.20. The Kier molecular flexibility index (Phi) is 7.73. The van der Waals surface area contributed by atoms with Crippen molar-refractivity contribution in [3.63, 3.8) is 0 Å². The quantitative estimate of drug-likeness (QED) is 0.147. The molecule has 1 amide bonds. The van der Waals surface area contributed by atoms with E-state index in [1.165, 1.54) is 55.0 Å². The Labute approximate surface area is 249 Å². The highest BCUT2D eigenvalue weighted by molar-refractivity contribution is 5.92. The van der Waals surface area contributed by atoms with Gasteiger partial charge in [-0.3, -0.25) is 9.78 Å². The van der Waals surface area contributed by atoms with Gasteiger partial charge in [-0.2, -0.15) is 13.2 Å². The number of nitrogens with zero attached hydrogens (tertiary/aromatic N) is 4. The number of piperidine rings is 1. The number of alkyl halides is 3. The summed E-state index contributed by atoms with van der Waals surface area (Å²) in [4.78, 5) is 29.8. The second-order valence-corrected chi connectivity index (χ2v) is 10.3. The number of aromatic nitrogens is 4. The van der Waals surface area contributed by atoms with Crippen LogP contribution < -0.4 is 10.1 Å². The second kappa shape index (κ2) is 11.8. The molecule has 4 heterocycles. The molecule has 5 aromatic rings. The number of fused-ring (bicyclic) bond motifs is 1. The zero-order chi connectivity index (χ0) is 30.8. The third-order valence-corrected chi connectivity index (χ3v) is 7.57. The maximum absolute atomic E-state index is 15.3. The van der Waals surface area contributed by atoms with Crippen LogP contribution in [0.15, 0.2) is 86.0 Å². The van der Waals surface area contributed by atoms with Gasteiger partial charge in [0, 0.05) is 43.2 Å². The number of carbonyl (C=O) groups is 1. The van der Waals surface area contributed by atoms with Gasteiger partial charge in [-0.25, -0.2) is 14.4 Å². The Bertz CT molecular complexity index is 1850. The number of anilines is 2. The van der Waals surface area contributed by atoms with Crippen molar-refractivity contribution < 1.29 is 27.1 Å². The van der Waals surface area contributed by atoms with Crippen LogP contribution in [-0.2, 0) is 11.0 Å². The van der Waals surface area contributed by atoms with Crippen LogP contribution in [0.2, 0.25) is 0 Å². The van der Waals surface area contributed by atoms with Gasteiger partial charge in [0.25, 0.3) is 0 Å². The van der Waals surface area contributed by atoms with Crippen molar-refractivity contribution in [2.45, 2.75) is 24.9 Å². The molecule has 3 aromatic heterocycles. The van der Waals surface area contributed by atoms with Gasteiger partial charge in [-0.05, 0) is 60.7 Å². The molecule has 0 radical (unpaired) electrons. The van der Waals surface area contributed by atoms with Gasteiger partial charge in [-0.1, -0.05) is 18.7 Å². The molecule has 1 saturated heterocycles. The molecule has 2 aromatic carbocycles. The van der Waals surface area contributed by atoms with Crippen LogP contribution >= 0.6 is 0 Å². The smallest absolute Gasteiger partial charge is 0.416 e. The van der Waals surface area contributed by atoms with Gasteiger partial charge < -0.3 is 19.9 Å². The summed E-state index contributed by atoms with van der Waals surface area (Å²) >= 11 is 0. The fourth-order valence-electron chi connectivity index (χ4n) is 5.36. The van der Waals surface area contributed by atoms with E-state index in [1.807, 2.05) is 6.20 Å². The summed E-state index contributed by atoms with van der Waals surface area (Å²) in [6.07, 6.45) is 3.03. The van der Waals surface area contributed by atoms with E-state index in [9.17, 15) is 18.0 Å². The lowest BCUT2D eigenvalue weighted by atomic mass is 9.89. The molecule has 1 fully saturated rings. The van der Waals surface area contributed by atoms with Crippen LogP contribution in [0, 0.1) is 5.82 Å². The number of ether oxygens (including phenoxy) is 1. The van der Waals surface area contributed by atoms with Gasteiger partial charge in [0.05, 0.1) is 22.3 Å². The average molecular weight is 603 g/mol. The molecule has 1 aliphatic rings. The van der Waals surface area contributed by atoms with E-state index in [0.29, 0.717) is 24.6 Å². The van der Waals surface area contributed by atoms with Crippen LogP contribution in [0.3, 0.4) is 0 Å². The molecule has 0 bridgehead atoms. The number of nitrogens with one attached hydrogen (secondary N) is 2. The van der Waals surface area contributed by atoms with E-state index < -0.39 is 17.6 Å². The molecule has 1 aliphatic heterocycles. The van der Waals surface area contributed by atoms with E-state index in [-0.39, 0.29) is 40.3 Å². The molecule has 0 spiro atoms. The minimum Gasteiger partial charge on any atom is -0.457 e. The standard InChI is InChI=1S/C32H26F4N6O2/c1-2-28(43)42-12-9-19(10-13-42)24-17-38-30-29(24)31(40-18-39-30)41-26-7-6-22(15-25(26)33)44-23-8-11-37-27(16-23)20-4-3-5-21(14-20)32(34,35)36/h2-8,11,14-19H,1,9-10,12-13H2,(H2,38,39,40,41). The minimum absolute atomic E-state index is 0.0870. The van der Waals surface area contributed by atoms with E-state index in [2.05, 4.69) is 31.8 Å². The van der Waals surface area contributed by atoms with Crippen molar-refractivity contribution in [1.29, 1.82) is 0 Å². The third kappa shape index (κ3) is 5.96. The van der Waals surface area contributed by atoms with Crippen molar-refractivity contribution in [2.24, 2.45) is 0 Å². The first-order chi connectivity index (χ1) is 21.2. The molecule has 6 rings (SSSR count). The predicted molar refractivity (Wildman–Crippen MR) is 157 cm³/mol. The lowest BCUT2D eigenvalue weighted by Gasteiger charge is -2.31. The number of halogens is 4. The number of hydrogen-bond donors (Lipinski definition) is 2. The highest BCUT2D eigenvalue weighted by atomic mass is 19.4. The summed E-state index contributed by atoms with van der Waals surface area (Å²) in [5.41, 5.74) is 1.52. The third-order valence-electron chi connectivity index (χ3n) is 7.57. The minimum atomic E-state index is -4.48. The summed E-state index contributed by atoms with van der Waals surface area (Å²) < 4.78 is 60.6. The SMILES string of the molecule is C=CC(=O)N1CCC(c2c[nH]c3ncnc(Nc4ccc(Oc5ccnc(-c6cccc(C(F)(F)F)c6)c5)cc4F)c23)CC1. The van der Waals surface area contributed by atoms with Gasteiger partial charge in [0.2, 0.25) is 5.91 Å². The monoisotopic (exact) mass is 602 g/mol. The number of rotatable bonds is 7. The highest BCUT2D eigenvalue weighted by Crippen LogP contribution is 2.37. The molecule has 12 heteroatoms. The maximum Gasteiger partial charge on any atom is 0.416 e. The largest absolute Gasteiger partial charge is 0.457 e. The maximum atomic E-state index is 15.3. The average Bonchev–Trinajstić information content (AvgIpc) is 3.47. The Morgan fingerprint density at radius 1 is 1.05 bits per heavy atom. The first-order valence-corrected chi connectivity index (χ1v) is 13.8. The van der Waals surface area contributed by atoms with Crippen LogP contribution in [0.5, 0.6) is 11.5 Å². The van der Waals surface area contributed by atoms with Crippen molar-refractivity contribution in [2.75, 3.05) is 18.4 Å². The molecular weight excluding hydrogens is 576 g/mol. The summed E-state index contributed by atoms with van der Waals surface area (Å²) in [6, 6.07) is 12.1. The van der Waals surface area contributed by atoms with Gasteiger partial charge in [-0.15, -0.1) is 0 Å². The number of benzene rings is 2. The second-order valence-electron chi connectivity index (χ2n) is 10.3. The molecule has 8 nitrogen and oxygen atoms in total. The predicted octanol–water partition coefficient (Wildman–Crippen LogP) is 7.61. The number of carbonyl (C=O) groups excluding carboxylic acids is 1. The fourth-order valence-corrected chi connectivity index (χ4v) is 5.36. The number of likely N-dealkylation sites (tertiary alicyclic amines) is 1. The number of aromatic amines is 1. The van der Waals surface area contributed by atoms with Gasteiger partial charge >= 0.3 is 6.18 Å². The van der Waals surface area contributed by atoms with Crippen molar-refractivity contribution >= 4 is 28.4 Å². The molecule has 0 atom stereocenters. The summed E-state index contributed by atoms with van der Waals surface area (Å²) in [7, 11) is 0. The molecule has 0 saturated carbocycles. The molecule has 44 heavy (non-hydrogen) atoms. The summed E-state index contributed by atoms with van der Waals surface area (Å²) in [6.45, 7) is 4.77. The van der Waals surface area contributed by atoms with Crippen molar-refractivity contribution in [3.8, 4) is 22.8 Å². The molecule has 0 aliphatic carbocycles. The Hall–Kier alpha value is -5.26. The van der Waals surface area contributed by atoms with Crippen LogP contribution in [0.1, 0.15) is 29.9 Å². The normalized spacial score (nSPS) is 14.0. The molecule has 224 valence electrons. The van der Waals surface area contributed by atoms with Gasteiger partial charge in [0.15, 0.2) is 0 Å². The lowest BCUT2D eigenvalue weighted by Crippen LogP contribution is -2.36. The Morgan fingerprint density at radius 3 is 2.59 bits per heavy atom. The number of H-pyrrole nitrogens is 1. The van der Waals surface area contributed by atoms with Crippen LogP contribution in [0.4, 0.5) is 29.1 Å². The summed E-state index contributed by atoms with van der Waals surface area (Å²) in [5.74, 6) is 0.369. The first kappa shape index (κ1) is 28.8. The summed E-state index contributed by atoms with van der Waals surface area (Å²) in [5, 5.41) is 3.82. The first-order valence-electron chi connectivity index (χ1n) is 13.8. The van der Waals surface area contributed by atoms with E-state index in [4.69, 9.17) is 4.74 Å². The molecule has 0 unspecified atom stereocenters. The Morgan fingerprint density at radius 2 is 1.84 bits per heavy atom.